The average molecular weight is 342 g/mol. The number of aryl methyl sites for hydroxylation is 2. The largest absolute Gasteiger partial charge is 0.508 e. The lowest BCUT2D eigenvalue weighted by molar-refractivity contribution is 0.475. The molecule has 0 aliphatic heterocycles. The molecular formula is C16H18N6O3. The number of imidazole rings is 1. The van der Waals surface area contributed by atoms with Crippen LogP contribution >= 0.6 is 0 Å². The zero-order valence-electron chi connectivity index (χ0n) is 13.9. The molecule has 0 spiro atoms. The van der Waals surface area contributed by atoms with Crippen LogP contribution in [0.5, 0.6) is 5.75 Å². The summed E-state index contributed by atoms with van der Waals surface area (Å²) in [5, 5.41) is 13.6. The van der Waals surface area contributed by atoms with Crippen molar-refractivity contribution < 1.29 is 5.11 Å². The van der Waals surface area contributed by atoms with E-state index in [2.05, 4.69) is 20.5 Å². The van der Waals surface area contributed by atoms with E-state index in [4.69, 9.17) is 0 Å². The van der Waals surface area contributed by atoms with E-state index in [-0.39, 0.29) is 11.4 Å². The topological polar surface area (TPSA) is 117 Å². The maximum Gasteiger partial charge on any atom is 0.329 e. The number of nitrogens with zero attached hydrogens (tertiary/aromatic N) is 4. The molecular weight excluding hydrogens is 324 g/mol. The number of hydrogen-bond donors (Lipinski definition) is 3. The number of rotatable bonds is 5. The van der Waals surface area contributed by atoms with E-state index in [9.17, 15) is 14.7 Å². The van der Waals surface area contributed by atoms with Crippen molar-refractivity contribution in [1.29, 1.82) is 0 Å². The summed E-state index contributed by atoms with van der Waals surface area (Å²) in [5.74, 6) is 0.503. The fraction of sp³-hybridized carbons (Fsp3) is 0.250. The minimum Gasteiger partial charge on any atom is -0.508 e. The number of hydrogen-bond acceptors (Lipinski definition) is 6. The van der Waals surface area contributed by atoms with Gasteiger partial charge in [0.15, 0.2) is 11.2 Å². The van der Waals surface area contributed by atoms with E-state index in [0.29, 0.717) is 23.6 Å². The number of H-pyrrole nitrogens is 1. The lowest BCUT2D eigenvalue weighted by Gasteiger charge is -2.05. The maximum absolute atomic E-state index is 12.2. The second kappa shape index (κ2) is 6.63. The predicted molar refractivity (Wildman–Crippen MR) is 95.2 cm³/mol. The highest BCUT2D eigenvalue weighted by Gasteiger charge is 2.16. The Balaban J connectivity index is 2.02. The fourth-order valence-corrected chi connectivity index (χ4v) is 2.53. The molecule has 2 heterocycles. The smallest absolute Gasteiger partial charge is 0.329 e. The van der Waals surface area contributed by atoms with Crippen molar-refractivity contribution in [1.82, 2.24) is 19.1 Å². The highest BCUT2D eigenvalue weighted by Crippen LogP contribution is 2.16. The van der Waals surface area contributed by atoms with Crippen molar-refractivity contribution in [3.05, 3.63) is 50.7 Å². The monoisotopic (exact) mass is 342 g/mol. The molecule has 25 heavy (non-hydrogen) atoms. The Morgan fingerprint density at radius 2 is 2.20 bits per heavy atom. The first-order chi connectivity index (χ1) is 12.0. The zero-order chi connectivity index (χ0) is 18.0. The summed E-state index contributed by atoms with van der Waals surface area (Å²) in [6, 6.07) is 6.62. The van der Waals surface area contributed by atoms with E-state index in [0.717, 1.165) is 6.42 Å². The molecule has 2 aromatic heterocycles. The van der Waals surface area contributed by atoms with Gasteiger partial charge in [-0.2, -0.15) is 10.1 Å². The number of fused-ring (bicyclic) bond motifs is 1. The molecule has 0 atom stereocenters. The number of hydrazone groups is 1. The molecule has 3 rings (SSSR count). The van der Waals surface area contributed by atoms with Crippen molar-refractivity contribution in [2.45, 2.75) is 19.9 Å². The number of phenolic OH excluding ortho intramolecular Hbond substituents is 1. The zero-order valence-corrected chi connectivity index (χ0v) is 13.9. The summed E-state index contributed by atoms with van der Waals surface area (Å²) < 4.78 is 2.97. The minimum atomic E-state index is -0.520. The van der Waals surface area contributed by atoms with Crippen molar-refractivity contribution in [2.75, 3.05) is 5.43 Å². The van der Waals surface area contributed by atoms with Crippen molar-refractivity contribution in [3.63, 3.8) is 0 Å². The van der Waals surface area contributed by atoms with Gasteiger partial charge in [-0.3, -0.25) is 14.3 Å². The number of phenols is 1. The third-order valence-electron chi connectivity index (χ3n) is 3.70. The lowest BCUT2D eigenvalue weighted by Crippen LogP contribution is -2.29. The second-order valence-electron chi connectivity index (χ2n) is 5.54. The quantitative estimate of drug-likeness (QED) is 0.472. The van der Waals surface area contributed by atoms with Crippen LogP contribution in [0.3, 0.4) is 0 Å². The summed E-state index contributed by atoms with van der Waals surface area (Å²) in [4.78, 5) is 30.5. The van der Waals surface area contributed by atoms with Crippen LogP contribution in [0.25, 0.3) is 11.2 Å². The van der Waals surface area contributed by atoms with Gasteiger partial charge in [0.05, 0.1) is 6.21 Å². The Kier molecular flexibility index (Phi) is 4.38. The van der Waals surface area contributed by atoms with Gasteiger partial charge in [0.25, 0.3) is 5.56 Å². The molecule has 3 N–H and O–H groups in total. The Morgan fingerprint density at radius 1 is 1.40 bits per heavy atom. The number of aromatic amines is 1. The first-order valence-corrected chi connectivity index (χ1v) is 7.79. The normalized spacial score (nSPS) is 11.4. The van der Waals surface area contributed by atoms with Crippen molar-refractivity contribution in [2.24, 2.45) is 12.1 Å². The number of anilines is 1. The molecule has 130 valence electrons. The third kappa shape index (κ3) is 3.16. The highest BCUT2D eigenvalue weighted by atomic mass is 16.3. The van der Waals surface area contributed by atoms with Gasteiger partial charge in [-0.25, -0.2) is 10.2 Å². The third-order valence-corrected chi connectivity index (χ3v) is 3.70. The number of nitrogens with one attached hydrogen (secondary N) is 2. The van der Waals surface area contributed by atoms with Gasteiger partial charge in [-0.15, -0.1) is 0 Å². The number of benzene rings is 1. The van der Waals surface area contributed by atoms with Crippen LogP contribution in [-0.4, -0.2) is 30.4 Å². The summed E-state index contributed by atoms with van der Waals surface area (Å²) in [5.41, 5.74) is 3.11. The molecule has 0 unspecified atom stereocenters. The molecule has 0 saturated carbocycles. The van der Waals surface area contributed by atoms with Gasteiger partial charge in [0.2, 0.25) is 5.95 Å². The van der Waals surface area contributed by atoms with Gasteiger partial charge in [-0.1, -0.05) is 19.1 Å². The molecule has 3 aromatic rings. The molecule has 9 nitrogen and oxygen atoms in total. The van der Waals surface area contributed by atoms with Crippen LogP contribution in [0.2, 0.25) is 0 Å². The van der Waals surface area contributed by atoms with E-state index in [1.165, 1.54) is 10.8 Å². The number of aromatic hydroxyl groups is 1. The van der Waals surface area contributed by atoms with Crippen molar-refractivity contribution >= 4 is 23.3 Å². The Morgan fingerprint density at radius 3 is 2.92 bits per heavy atom. The molecule has 0 bridgehead atoms. The molecule has 0 aliphatic rings. The Hall–Kier alpha value is -3.36. The van der Waals surface area contributed by atoms with E-state index < -0.39 is 11.2 Å². The van der Waals surface area contributed by atoms with E-state index in [1.54, 1.807) is 35.9 Å². The highest BCUT2D eigenvalue weighted by molar-refractivity contribution is 5.81. The van der Waals surface area contributed by atoms with Crippen LogP contribution in [0.4, 0.5) is 5.95 Å². The van der Waals surface area contributed by atoms with Crippen molar-refractivity contribution in [3.8, 4) is 5.75 Å². The summed E-state index contributed by atoms with van der Waals surface area (Å²) in [6.45, 7) is 2.52. The minimum absolute atomic E-state index is 0.142. The summed E-state index contributed by atoms with van der Waals surface area (Å²) >= 11 is 0. The van der Waals surface area contributed by atoms with Gasteiger partial charge >= 0.3 is 5.69 Å². The molecule has 1 aromatic carbocycles. The summed E-state index contributed by atoms with van der Waals surface area (Å²) in [6.07, 6.45) is 2.30. The van der Waals surface area contributed by atoms with E-state index >= 15 is 0 Å². The standard InChI is InChI=1S/C16H18N6O3/c1-3-7-22-12-13(21(2)16(25)19-14(12)24)18-15(22)20-17-9-10-5-4-6-11(23)8-10/h4-6,8-9,23H,3,7H2,1-2H3,(H,18,20)(H,19,24,25)/b17-9+. The lowest BCUT2D eigenvalue weighted by atomic mass is 10.2. The Labute approximate surface area is 142 Å². The summed E-state index contributed by atoms with van der Waals surface area (Å²) in [7, 11) is 1.55. The molecule has 0 amide bonds. The predicted octanol–water partition coefficient (Wildman–Crippen LogP) is 0.985. The molecule has 0 saturated heterocycles. The first kappa shape index (κ1) is 16.5. The van der Waals surface area contributed by atoms with Gasteiger partial charge < -0.3 is 9.67 Å². The van der Waals surface area contributed by atoms with Crippen LogP contribution in [-0.2, 0) is 13.6 Å². The molecule has 0 fully saturated rings. The van der Waals surface area contributed by atoms with Crippen LogP contribution in [0, 0.1) is 0 Å². The average Bonchev–Trinajstić information content (AvgIpc) is 2.93. The molecule has 0 aliphatic carbocycles. The maximum atomic E-state index is 12.2. The first-order valence-electron chi connectivity index (χ1n) is 7.79. The van der Waals surface area contributed by atoms with Gasteiger partial charge in [0.1, 0.15) is 5.75 Å². The number of aromatic nitrogens is 4. The van der Waals surface area contributed by atoms with Crippen LogP contribution in [0.1, 0.15) is 18.9 Å². The fourth-order valence-electron chi connectivity index (χ4n) is 2.53. The SMILES string of the molecule is CCCn1c(N/N=C/c2cccc(O)c2)nc2c1c(=O)[nH]c(=O)n2C. The van der Waals surface area contributed by atoms with E-state index in [1.807, 2.05) is 6.92 Å². The van der Waals surface area contributed by atoms with Gasteiger partial charge in [-0.05, 0) is 24.1 Å². The van der Waals surface area contributed by atoms with Gasteiger partial charge in [0, 0.05) is 13.6 Å². The van der Waals surface area contributed by atoms with Crippen LogP contribution < -0.4 is 16.7 Å². The second-order valence-corrected chi connectivity index (χ2v) is 5.54. The molecule has 0 radical (unpaired) electrons. The Bertz CT molecular complexity index is 1060. The molecule has 9 heteroatoms. The van der Waals surface area contributed by atoms with Crippen LogP contribution in [0.15, 0.2) is 39.0 Å².